The molecule has 0 rings (SSSR count). The summed E-state index contributed by atoms with van der Waals surface area (Å²) in [6.07, 6.45) is 43.7. The monoisotopic (exact) mass is 760 g/mol. The molecule has 0 fully saturated rings. The van der Waals surface area contributed by atoms with Crippen LogP contribution in [-0.4, -0.2) is 49.9 Å². The Kier molecular flexibility index (Phi) is 40.8. The van der Waals surface area contributed by atoms with Gasteiger partial charge in [0.15, 0.2) is 0 Å². The Hall–Kier alpha value is -0.760. The van der Waals surface area contributed by atoms with Crippen molar-refractivity contribution >= 4 is 13.8 Å². The summed E-state index contributed by atoms with van der Waals surface area (Å²) in [5.74, 6) is -0.330. The number of esters is 1. The van der Waals surface area contributed by atoms with E-state index in [0.717, 1.165) is 32.1 Å². The van der Waals surface area contributed by atoms with E-state index in [1.165, 1.54) is 167 Å². The van der Waals surface area contributed by atoms with Crippen LogP contribution in [0, 0.1) is 0 Å². The first kappa shape index (κ1) is 51.2. The molecule has 0 saturated heterocycles. The van der Waals surface area contributed by atoms with Crippen LogP contribution in [0.5, 0.6) is 0 Å². The summed E-state index contributed by atoms with van der Waals surface area (Å²) in [5, 5.41) is 0. The smallest absolute Gasteiger partial charge is 0.457 e. The summed E-state index contributed by atoms with van der Waals surface area (Å²) >= 11 is 0. The van der Waals surface area contributed by atoms with Crippen LogP contribution in [0.2, 0.25) is 0 Å². The molecule has 1 unspecified atom stereocenters. The van der Waals surface area contributed by atoms with Gasteiger partial charge in [-0.05, 0) is 38.5 Å². The molecule has 0 aliphatic rings. The van der Waals surface area contributed by atoms with E-state index >= 15 is 0 Å². The van der Waals surface area contributed by atoms with Crippen molar-refractivity contribution in [3.05, 3.63) is 12.2 Å². The third kappa shape index (κ3) is 40.4. The van der Waals surface area contributed by atoms with Crippen molar-refractivity contribution in [1.82, 2.24) is 0 Å². The molecule has 0 saturated carbocycles. The van der Waals surface area contributed by atoms with E-state index in [1.807, 2.05) is 0 Å². The van der Waals surface area contributed by atoms with Crippen LogP contribution in [0.1, 0.15) is 219 Å². The van der Waals surface area contributed by atoms with Crippen LogP contribution in [0.4, 0.5) is 0 Å². The first-order chi connectivity index (χ1) is 25.4. The summed E-state index contributed by atoms with van der Waals surface area (Å²) in [4.78, 5) is 22.5. The maximum Gasteiger partial charge on any atom is 0.472 e. The Labute approximate surface area is 322 Å². The molecular formula is C43H86NO7P. The number of rotatable bonds is 43. The van der Waals surface area contributed by atoms with E-state index in [4.69, 9.17) is 24.3 Å². The minimum absolute atomic E-state index is 0.0930. The quantitative estimate of drug-likeness (QED) is 0.0273. The largest absolute Gasteiger partial charge is 0.472 e. The van der Waals surface area contributed by atoms with Crippen LogP contribution in [0.15, 0.2) is 12.2 Å². The minimum atomic E-state index is -4.27. The third-order valence-electron chi connectivity index (χ3n) is 9.68. The number of nitrogens with two attached hydrogens (primary N) is 1. The Morgan fingerprint density at radius 2 is 0.962 bits per heavy atom. The molecule has 9 heteroatoms. The molecule has 0 radical (unpaired) electrons. The van der Waals surface area contributed by atoms with Gasteiger partial charge in [-0.15, -0.1) is 0 Å². The lowest BCUT2D eigenvalue weighted by atomic mass is 10.0. The Bertz CT molecular complexity index is 812. The molecule has 0 spiro atoms. The molecule has 0 aliphatic carbocycles. The Balaban J connectivity index is 3.98. The van der Waals surface area contributed by atoms with Gasteiger partial charge in [0, 0.05) is 19.6 Å². The van der Waals surface area contributed by atoms with Crippen molar-refractivity contribution in [3.63, 3.8) is 0 Å². The number of phosphoric ester groups is 1. The topological polar surface area (TPSA) is 117 Å². The number of ether oxygens (including phenoxy) is 2. The fourth-order valence-corrected chi connectivity index (χ4v) is 7.17. The van der Waals surface area contributed by atoms with Crippen LogP contribution >= 0.6 is 7.82 Å². The first-order valence-electron chi connectivity index (χ1n) is 22.2. The summed E-state index contributed by atoms with van der Waals surface area (Å²) in [7, 11) is -4.27. The molecule has 0 heterocycles. The maximum atomic E-state index is 12.6. The van der Waals surface area contributed by atoms with Gasteiger partial charge in [0.25, 0.3) is 0 Å². The van der Waals surface area contributed by atoms with Crippen molar-refractivity contribution in [1.29, 1.82) is 0 Å². The van der Waals surface area contributed by atoms with E-state index in [0.29, 0.717) is 13.0 Å². The average Bonchev–Trinajstić information content (AvgIpc) is 3.13. The predicted molar refractivity (Wildman–Crippen MR) is 220 cm³/mol. The zero-order valence-electron chi connectivity index (χ0n) is 34.3. The molecule has 8 nitrogen and oxygen atoms in total. The highest BCUT2D eigenvalue weighted by Gasteiger charge is 2.25. The van der Waals surface area contributed by atoms with E-state index in [-0.39, 0.29) is 32.3 Å². The van der Waals surface area contributed by atoms with Gasteiger partial charge in [-0.1, -0.05) is 187 Å². The predicted octanol–water partition coefficient (Wildman–Crippen LogP) is 13.1. The van der Waals surface area contributed by atoms with E-state index in [9.17, 15) is 14.3 Å². The molecule has 0 aromatic heterocycles. The van der Waals surface area contributed by atoms with Gasteiger partial charge in [0.1, 0.15) is 6.10 Å². The molecule has 52 heavy (non-hydrogen) atoms. The second-order valence-corrected chi connectivity index (χ2v) is 16.4. The minimum Gasteiger partial charge on any atom is -0.457 e. The molecule has 3 N–H and O–H groups in total. The molecule has 0 aromatic rings. The summed E-state index contributed by atoms with van der Waals surface area (Å²) < 4.78 is 33.4. The highest BCUT2D eigenvalue weighted by Crippen LogP contribution is 2.43. The van der Waals surface area contributed by atoms with Gasteiger partial charge < -0.3 is 20.1 Å². The average molecular weight is 760 g/mol. The van der Waals surface area contributed by atoms with E-state index < -0.39 is 13.9 Å². The van der Waals surface area contributed by atoms with Crippen LogP contribution < -0.4 is 5.73 Å². The van der Waals surface area contributed by atoms with Crippen molar-refractivity contribution in [3.8, 4) is 0 Å². The number of carbonyl (C=O) groups is 1. The van der Waals surface area contributed by atoms with E-state index in [1.54, 1.807) is 0 Å². The fraction of sp³-hybridized carbons (Fsp3) is 0.930. The Morgan fingerprint density at radius 1 is 0.558 bits per heavy atom. The fourth-order valence-electron chi connectivity index (χ4n) is 6.40. The number of hydrogen-bond acceptors (Lipinski definition) is 7. The zero-order valence-corrected chi connectivity index (χ0v) is 35.2. The lowest BCUT2D eigenvalue weighted by Gasteiger charge is -2.20. The van der Waals surface area contributed by atoms with Gasteiger partial charge in [0.05, 0.1) is 19.8 Å². The Morgan fingerprint density at radius 3 is 1.40 bits per heavy atom. The second-order valence-electron chi connectivity index (χ2n) is 14.9. The molecule has 310 valence electrons. The van der Waals surface area contributed by atoms with Crippen LogP contribution in [-0.2, 0) is 27.9 Å². The van der Waals surface area contributed by atoms with Gasteiger partial charge in [0.2, 0.25) is 0 Å². The number of hydrogen-bond donors (Lipinski definition) is 2. The van der Waals surface area contributed by atoms with E-state index in [2.05, 4.69) is 26.0 Å². The number of allylic oxidation sites excluding steroid dienone is 2. The third-order valence-corrected chi connectivity index (χ3v) is 10.7. The molecule has 0 bridgehead atoms. The molecule has 2 atom stereocenters. The summed E-state index contributed by atoms with van der Waals surface area (Å²) in [6, 6.07) is 0. The lowest BCUT2D eigenvalue weighted by Crippen LogP contribution is -2.28. The van der Waals surface area contributed by atoms with Crippen molar-refractivity contribution in [2.45, 2.75) is 225 Å². The number of carbonyl (C=O) groups excluding carboxylic acids is 1. The maximum absolute atomic E-state index is 12.6. The first-order valence-corrected chi connectivity index (χ1v) is 23.7. The molecule has 0 aliphatic heterocycles. The van der Waals surface area contributed by atoms with Crippen LogP contribution in [0.3, 0.4) is 0 Å². The number of phosphoric acid groups is 1. The van der Waals surface area contributed by atoms with Gasteiger partial charge in [-0.25, -0.2) is 4.57 Å². The summed E-state index contributed by atoms with van der Waals surface area (Å²) in [5.41, 5.74) is 5.37. The molecular weight excluding hydrogens is 673 g/mol. The second kappa shape index (κ2) is 41.4. The zero-order chi connectivity index (χ0) is 38.1. The standard InChI is InChI=1S/C43H86NO7P/c1-3-5-7-9-11-13-15-17-19-20-21-22-23-24-26-28-30-32-34-36-43(45)51-42(41-50-52(46,47)49-39-37-44)40-48-38-35-33-31-29-27-25-18-16-14-12-10-8-6-4-2/h20-21,42H,3-19,22-41,44H2,1-2H3,(H,46,47)/b21-20-/t42-/m1/s1. The van der Waals surface area contributed by atoms with Crippen LogP contribution in [0.25, 0.3) is 0 Å². The molecule has 0 aromatic carbocycles. The highest BCUT2D eigenvalue weighted by atomic mass is 31.2. The highest BCUT2D eigenvalue weighted by molar-refractivity contribution is 7.47. The van der Waals surface area contributed by atoms with Crippen molar-refractivity contribution < 1.29 is 32.8 Å². The van der Waals surface area contributed by atoms with Crippen molar-refractivity contribution in [2.75, 3.05) is 33.0 Å². The van der Waals surface area contributed by atoms with Gasteiger partial charge >= 0.3 is 13.8 Å². The normalized spacial score (nSPS) is 13.5. The molecule has 0 amide bonds. The lowest BCUT2D eigenvalue weighted by molar-refractivity contribution is -0.154. The van der Waals surface area contributed by atoms with Gasteiger partial charge in [-0.2, -0.15) is 0 Å². The SMILES string of the molecule is CCCCCCCCCC/C=C\CCCCCCCCCC(=O)O[C@H](COCCCCCCCCCCCCCCCC)COP(=O)(O)OCCN. The number of unbranched alkanes of at least 4 members (excludes halogenated alkanes) is 28. The van der Waals surface area contributed by atoms with Crippen molar-refractivity contribution in [2.24, 2.45) is 5.73 Å². The summed E-state index contributed by atoms with van der Waals surface area (Å²) in [6.45, 7) is 4.96. The van der Waals surface area contributed by atoms with Gasteiger partial charge in [-0.3, -0.25) is 13.8 Å².